The summed E-state index contributed by atoms with van der Waals surface area (Å²) in [4.78, 5) is 23.5. The maximum absolute atomic E-state index is 11.8. The third-order valence-electron chi connectivity index (χ3n) is 4.49. The van der Waals surface area contributed by atoms with Gasteiger partial charge >= 0.3 is 11.9 Å². The van der Waals surface area contributed by atoms with E-state index < -0.39 is 23.8 Å². The molecule has 2 N–H and O–H groups in total. The van der Waals surface area contributed by atoms with E-state index in [4.69, 9.17) is 0 Å². The first-order chi connectivity index (χ1) is 11.5. The van der Waals surface area contributed by atoms with Crippen molar-refractivity contribution in [2.75, 3.05) is 0 Å². The van der Waals surface area contributed by atoms with E-state index in [1.54, 1.807) is 6.92 Å². The topological polar surface area (TPSA) is 74.6 Å². The first-order valence-electron chi connectivity index (χ1n) is 8.05. The molecule has 0 radical (unpaired) electrons. The van der Waals surface area contributed by atoms with Gasteiger partial charge in [0.2, 0.25) is 0 Å². The third kappa shape index (κ3) is 4.44. The van der Waals surface area contributed by atoms with E-state index in [9.17, 15) is 19.8 Å². The molecule has 0 saturated heterocycles. The molecule has 24 heavy (non-hydrogen) atoms. The lowest BCUT2D eigenvalue weighted by molar-refractivity contribution is -0.154. The summed E-state index contributed by atoms with van der Waals surface area (Å²) in [7, 11) is 0. The fourth-order valence-electron chi connectivity index (χ4n) is 3.12. The molecule has 0 aliphatic heterocycles. The number of carboxylic acids is 2. The summed E-state index contributed by atoms with van der Waals surface area (Å²) in [5.74, 6) is -4.39. The van der Waals surface area contributed by atoms with Crippen molar-refractivity contribution in [3.63, 3.8) is 0 Å². The average Bonchev–Trinajstić information content (AvgIpc) is 2.59. The van der Waals surface area contributed by atoms with Gasteiger partial charge in [0.15, 0.2) is 0 Å². The molecule has 4 heteroatoms. The molecule has 0 bridgehead atoms. The molecule has 2 aromatic rings. The average molecular weight is 326 g/mol. The minimum absolute atomic E-state index is 0.299. The highest BCUT2D eigenvalue weighted by Crippen LogP contribution is 2.33. The van der Waals surface area contributed by atoms with Crippen LogP contribution in [0.5, 0.6) is 0 Å². The van der Waals surface area contributed by atoms with Crippen molar-refractivity contribution < 1.29 is 19.8 Å². The summed E-state index contributed by atoms with van der Waals surface area (Å²) < 4.78 is 0. The fraction of sp³-hybridized carbons (Fsp3) is 0.300. The van der Waals surface area contributed by atoms with Crippen LogP contribution in [-0.4, -0.2) is 22.2 Å². The molecule has 0 spiro atoms. The van der Waals surface area contributed by atoms with Crippen LogP contribution in [0, 0.1) is 11.8 Å². The Morgan fingerprint density at radius 2 is 1.42 bits per heavy atom. The zero-order valence-corrected chi connectivity index (χ0v) is 13.6. The Morgan fingerprint density at radius 3 is 1.92 bits per heavy atom. The summed E-state index contributed by atoms with van der Waals surface area (Å²) >= 11 is 0. The van der Waals surface area contributed by atoms with Crippen LogP contribution >= 0.6 is 0 Å². The quantitative estimate of drug-likeness (QED) is 0.773. The maximum Gasteiger partial charge on any atom is 0.307 e. The Kier molecular flexibility index (Phi) is 6.13. The van der Waals surface area contributed by atoms with Gasteiger partial charge in [-0.15, -0.1) is 0 Å². The Bertz CT molecular complexity index is 667. The van der Waals surface area contributed by atoms with Gasteiger partial charge < -0.3 is 10.2 Å². The number of rotatable bonds is 8. The largest absolute Gasteiger partial charge is 0.481 e. The molecule has 0 aliphatic carbocycles. The number of benzene rings is 2. The van der Waals surface area contributed by atoms with Crippen LogP contribution in [0.25, 0.3) is 0 Å². The van der Waals surface area contributed by atoms with Crippen molar-refractivity contribution in [1.82, 2.24) is 0 Å². The molecular weight excluding hydrogens is 304 g/mol. The van der Waals surface area contributed by atoms with Crippen LogP contribution in [0.3, 0.4) is 0 Å². The van der Waals surface area contributed by atoms with Crippen molar-refractivity contribution in [3.8, 4) is 0 Å². The highest BCUT2D eigenvalue weighted by molar-refractivity contribution is 5.80. The van der Waals surface area contributed by atoms with Gasteiger partial charge in [-0.1, -0.05) is 67.6 Å². The number of carboxylic acid groups (broad SMARTS) is 2. The van der Waals surface area contributed by atoms with Gasteiger partial charge in [-0.3, -0.25) is 9.59 Å². The van der Waals surface area contributed by atoms with E-state index in [-0.39, 0.29) is 5.92 Å². The van der Waals surface area contributed by atoms with Gasteiger partial charge in [0.25, 0.3) is 0 Å². The van der Waals surface area contributed by atoms with Gasteiger partial charge in [-0.2, -0.15) is 0 Å². The third-order valence-corrected chi connectivity index (χ3v) is 4.49. The molecule has 0 amide bonds. The van der Waals surface area contributed by atoms with Crippen molar-refractivity contribution in [1.29, 1.82) is 0 Å². The molecule has 2 aromatic carbocycles. The van der Waals surface area contributed by atoms with Gasteiger partial charge in [-0.25, -0.2) is 0 Å². The van der Waals surface area contributed by atoms with Crippen LogP contribution in [0.2, 0.25) is 0 Å². The van der Waals surface area contributed by atoms with Gasteiger partial charge in [0, 0.05) is 0 Å². The highest BCUT2D eigenvalue weighted by atomic mass is 16.4. The van der Waals surface area contributed by atoms with Crippen LogP contribution in [0.15, 0.2) is 60.7 Å². The second-order valence-corrected chi connectivity index (χ2v) is 6.03. The SMILES string of the molecule is CC(c1ccccc1)C(C(=O)O)C(CCc1ccccc1)C(=O)O. The van der Waals surface area contributed by atoms with E-state index in [1.165, 1.54) is 0 Å². The summed E-state index contributed by atoms with van der Waals surface area (Å²) in [5.41, 5.74) is 1.86. The second kappa shape index (κ2) is 8.29. The number of hydrogen-bond donors (Lipinski definition) is 2. The lowest BCUT2D eigenvalue weighted by atomic mass is 9.76. The minimum atomic E-state index is -1.06. The van der Waals surface area contributed by atoms with Gasteiger partial charge in [0.1, 0.15) is 0 Å². The van der Waals surface area contributed by atoms with E-state index in [1.807, 2.05) is 60.7 Å². The monoisotopic (exact) mass is 326 g/mol. The molecule has 0 fully saturated rings. The fourth-order valence-corrected chi connectivity index (χ4v) is 3.12. The summed E-state index contributed by atoms with van der Waals surface area (Å²) in [6.07, 6.45) is 0.844. The van der Waals surface area contributed by atoms with Crippen LogP contribution < -0.4 is 0 Å². The number of carbonyl (C=O) groups is 2. The zero-order chi connectivity index (χ0) is 17.5. The lowest BCUT2D eigenvalue weighted by Crippen LogP contribution is -2.34. The summed E-state index contributed by atoms with van der Waals surface area (Å²) in [5, 5.41) is 19.3. The predicted octanol–water partition coefficient (Wildman–Crippen LogP) is 3.82. The molecule has 3 unspecified atom stereocenters. The van der Waals surface area contributed by atoms with Crippen molar-refractivity contribution in [2.24, 2.45) is 11.8 Å². The molecule has 0 saturated carbocycles. The van der Waals surface area contributed by atoms with E-state index in [2.05, 4.69) is 0 Å². The first-order valence-corrected chi connectivity index (χ1v) is 8.05. The molecule has 0 heterocycles. The van der Waals surface area contributed by atoms with Crippen molar-refractivity contribution in [3.05, 3.63) is 71.8 Å². The van der Waals surface area contributed by atoms with Gasteiger partial charge in [0.05, 0.1) is 11.8 Å². The van der Waals surface area contributed by atoms with E-state index >= 15 is 0 Å². The minimum Gasteiger partial charge on any atom is -0.481 e. The lowest BCUT2D eigenvalue weighted by Gasteiger charge is -2.26. The molecule has 3 atom stereocenters. The molecule has 0 aliphatic rings. The number of aliphatic carboxylic acids is 2. The highest BCUT2D eigenvalue weighted by Gasteiger charge is 2.38. The standard InChI is InChI=1S/C20H22O4/c1-14(16-10-6-3-7-11-16)18(20(23)24)17(19(21)22)13-12-15-8-4-2-5-9-15/h2-11,14,17-18H,12-13H2,1H3,(H,21,22)(H,23,24). The summed E-state index contributed by atoms with van der Waals surface area (Å²) in [6.45, 7) is 1.78. The first kappa shape index (κ1) is 17.7. The van der Waals surface area contributed by atoms with Crippen LogP contribution in [0.4, 0.5) is 0 Å². The normalized spacial score (nSPS) is 14.5. The second-order valence-electron chi connectivity index (χ2n) is 6.03. The zero-order valence-electron chi connectivity index (χ0n) is 13.6. The predicted molar refractivity (Wildman–Crippen MR) is 91.9 cm³/mol. The van der Waals surface area contributed by atoms with E-state index in [0.29, 0.717) is 12.8 Å². The number of aryl methyl sites for hydroxylation is 1. The van der Waals surface area contributed by atoms with Crippen LogP contribution in [-0.2, 0) is 16.0 Å². The molecule has 4 nitrogen and oxygen atoms in total. The Hall–Kier alpha value is -2.62. The molecule has 126 valence electrons. The van der Waals surface area contributed by atoms with Crippen LogP contribution in [0.1, 0.15) is 30.4 Å². The smallest absolute Gasteiger partial charge is 0.307 e. The molecular formula is C20H22O4. The molecule has 0 aromatic heterocycles. The van der Waals surface area contributed by atoms with E-state index in [0.717, 1.165) is 11.1 Å². The maximum atomic E-state index is 11.8. The summed E-state index contributed by atoms with van der Waals surface area (Å²) in [6, 6.07) is 18.8. The van der Waals surface area contributed by atoms with Crippen molar-refractivity contribution in [2.45, 2.75) is 25.7 Å². The molecule has 2 rings (SSSR count). The Labute approximate surface area is 141 Å². The number of hydrogen-bond acceptors (Lipinski definition) is 2. The Balaban J connectivity index is 2.21. The Morgan fingerprint density at radius 1 is 0.875 bits per heavy atom. The van der Waals surface area contributed by atoms with Gasteiger partial charge in [-0.05, 0) is 29.9 Å². The van der Waals surface area contributed by atoms with Crippen molar-refractivity contribution >= 4 is 11.9 Å².